The lowest BCUT2D eigenvalue weighted by molar-refractivity contribution is 0.201. The molecule has 0 aliphatic rings. The fraction of sp³-hybridized carbons (Fsp3) is 0.286. The van der Waals surface area contributed by atoms with Gasteiger partial charge in [-0.1, -0.05) is 30.3 Å². The van der Waals surface area contributed by atoms with Crippen molar-refractivity contribution >= 4 is 11.0 Å². The van der Waals surface area contributed by atoms with E-state index in [9.17, 15) is 9.50 Å². The van der Waals surface area contributed by atoms with E-state index in [1.807, 2.05) is 36.8 Å². The number of aromatic nitrogens is 2. The number of hydrogen-bond acceptors (Lipinski definition) is 5. The van der Waals surface area contributed by atoms with E-state index in [0.29, 0.717) is 48.4 Å². The van der Waals surface area contributed by atoms with Gasteiger partial charge in [-0.25, -0.2) is 9.37 Å². The van der Waals surface area contributed by atoms with Crippen molar-refractivity contribution < 1.29 is 14.2 Å². The summed E-state index contributed by atoms with van der Waals surface area (Å²) in [7, 11) is 1.52. The summed E-state index contributed by atoms with van der Waals surface area (Å²) in [6, 6.07) is 13.4. The molecule has 0 aliphatic heterocycles. The third kappa shape index (κ3) is 5.21. The molecule has 0 amide bonds. The van der Waals surface area contributed by atoms with Crippen LogP contribution in [-0.4, -0.2) is 41.4 Å². The number of methoxy groups -OCH3 is 1. The number of ether oxygens (including phenoxy) is 1. The van der Waals surface area contributed by atoms with E-state index in [4.69, 9.17) is 4.74 Å². The maximum atomic E-state index is 14.2. The average Bonchev–Trinajstić information content (AvgIpc) is 2.71. The van der Waals surface area contributed by atoms with Gasteiger partial charge in [-0.2, -0.15) is 0 Å². The van der Waals surface area contributed by atoms with E-state index in [2.05, 4.69) is 15.3 Å². The van der Waals surface area contributed by atoms with Crippen molar-refractivity contribution in [3.05, 3.63) is 72.0 Å². The van der Waals surface area contributed by atoms with Gasteiger partial charge in [-0.15, -0.1) is 0 Å². The van der Waals surface area contributed by atoms with Gasteiger partial charge in [0.1, 0.15) is 5.82 Å². The standard InChI is InChI=1S/C21H23FN3O2/c1-27-20-10-9-19-21(25-20)17(18(22)14-24-19)11-12-23-13-16(26)8-7-15-5-3-2-4-6-15/h2-6,8-10,14,16,23,26H,7,11-13H2,1H3. The number of nitrogens with zero attached hydrogens (tertiary/aromatic N) is 2. The predicted octanol–water partition coefficient (Wildman–Crippen LogP) is 2.72. The fourth-order valence-corrected chi connectivity index (χ4v) is 2.86. The van der Waals surface area contributed by atoms with E-state index in [-0.39, 0.29) is 5.82 Å². The van der Waals surface area contributed by atoms with Crippen LogP contribution in [0.4, 0.5) is 4.39 Å². The molecular formula is C21H23FN3O2. The van der Waals surface area contributed by atoms with Crippen LogP contribution < -0.4 is 10.1 Å². The predicted molar refractivity (Wildman–Crippen MR) is 103 cm³/mol. The number of aliphatic hydroxyl groups excluding tert-OH is 1. The number of aliphatic hydroxyl groups is 1. The van der Waals surface area contributed by atoms with Gasteiger partial charge in [0.25, 0.3) is 0 Å². The largest absolute Gasteiger partial charge is 0.481 e. The molecule has 3 aromatic rings. The van der Waals surface area contributed by atoms with Gasteiger partial charge < -0.3 is 15.2 Å². The first-order valence-corrected chi connectivity index (χ1v) is 8.91. The molecular weight excluding hydrogens is 345 g/mol. The zero-order valence-electron chi connectivity index (χ0n) is 15.2. The molecule has 0 saturated heterocycles. The van der Waals surface area contributed by atoms with Crippen LogP contribution in [0.2, 0.25) is 0 Å². The summed E-state index contributed by atoms with van der Waals surface area (Å²) in [5.74, 6) is 0.0382. The third-order valence-corrected chi connectivity index (χ3v) is 4.32. The molecule has 1 atom stereocenters. The number of fused-ring (bicyclic) bond motifs is 1. The van der Waals surface area contributed by atoms with Gasteiger partial charge in [-0.3, -0.25) is 4.98 Å². The van der Waals surface area contributed by atoms with Crippen molar-refractivity contribution in [2.24, 2.45) is 0 Å². The molecule has 6 heteroatoms. The molecule has 141 valence electrons. The number of nitrogens with one attached hydrogen (secondary N) is 1. The number of rotatable bonds is 9. The molecule has 0 spiro atoms. The van der Waals surface area contributed by atoms with E-state index in [1.165, 1.54) is 13.3 Å². The Labute approximate surface area is 158 Å². The Balaban J connectivity index is 1.52. The lowest BCUT2D eigenvalue weighted by Crippen LogP contribution is -2.29. The minimum absolute atomic E-state index is 0.388. The molecule has 5 nitrogen and oxygen atoms in total. The fourth-order valence-electron chi connectivity index (χ4n) is 2.86. The summed E-state index contributed by atoms with van der Waals surface area (Å²) in [6.07, 6.45) is 3.65. The van der Waals surface area contributed by atoms with Crippen molar-refractivity contribution in [1.82, 2.24) is 15.3 Å². The molecule has 0 fully saturated rings. The summed E-state index contributed by atoms with van der Waals surface area (Å²) in [5.41, 5.74) is 2.78. The second-order valence-corrected chi connectivity index (χ2v) is 6.25. The lowest BCUT2D eigenvalue weighted by Gasteiger charge is -2.12. The summed E-state index contributed by atoms with van der Waals surface area (Å²) in [5, 5.41) is 13.2. The number of pyridine rings is 2. The van der Waals surface area contributed by atoms with Crippen LogP contribution in [0, 0.1) is 12.2 Å². The smallest absolute Gasteiger partial charge is 0.213 e. The Hall–Kier alpha value is -2.57. The molecule has 1 radical (unpaired) electrons. The van der Waals surface area contributed by atoms with Crippen LogP contribution in [0.25, 0.3) is 11.0 Å². The van der Waals surface area contributed by atoms with Crippen molar-refractivity contribution in [3.8, 4) is 5.88 Å². The summed E-state index contributed by atoms with van der Waals surface area (Å²) in [4.78, 5) is 8.39. The maximum Gasteiger partial charge on any atom is 0.213 e. The summed E-state index contributed by atoms with van der Waals surface area (Å²) < 4.78 is 19.3. The molecule has 0 bridgehead atoms. The molecule has 2 aromatic heterocycles. The molecule has 0 saturated carbocycles. The normalized spacial score (nSPS) is 12.3. The summed E-state index contributed by atoms with van der Waals surface area (Å²) in [6.45, 7) is 0.930. The Morgan fingerprint density at radius 2 is 2.04 bits per heavy atom. The van der Waals surface area contributed by atoms with Crippen LogP contribution in [-0.2, 0) is 12.8 Å². The van der Waals surface area contributed by atoms with Gasteiger partial charge in [-0.05, 0) is 37.4 Å². The Kier molecular flexibility index (Phi) is 6.68. The first-order valence-electron chi connectivity index (χ1n) is 8.91. The molecule has 0 aliphatic carbocycles. The summed E-state index contributed by atoms with van der Waals surface area (Å²) >= 11 is 0. The van der Waals surface area contributed by atoms with Crippen molar-refractivity contribution in [2.45, 2.75) is 18.9 Å². The minimum Gasteiger partial charge on any atom is -0.481 e. The maximum absolute atomic E-state index is 14.2. The highest BCUT2D eigenvalue weighted by molar-refractivity contribution is 5.78. The lowest BCUT2D eigenvalue weighted by atomic mass is 10.1. The Morgan fingerprint density at radius 1 is 1.22 bits per heavy atom. The number of hydrogen-bond donors (Lipinski definition) is 2. The minimum atomic E-state index is -0.567. The zero-order valence-corrected chi connectivity index (χ0v) is 15.2. The Bertz CT molecular complexity index is 874. The first-order chi connectivity index (χ1) is 13.2. The van der Waals surface area contributed by atoms with Crippen LogP contribution in [0.3, 0.4) is 0 Å². The average molecular weight is 368 g/mol. The van der Waals surface area contributed by atoms with Gasteiger partial charge >= 0.3 is 0 Å². The van der Waals surface area contributed by atoms with Crippen LogP contribution in [0.1, 0.15) is 11.1 Å². The van der Waals surface area contributed by atoms with Crippen molar-refractivity contribution in [2.75, 3.05) is 20.2 Å². The van der Waals surface area contributed by atoms with Crippen LogP contribution >= 0.6 is 0 Å². The SMILES string of the molecule is COc1ccc2ncc(F)c(CCNCC(O)[CH]Cc3ccccc3)c2n1. The molecule has 3 rings (SSSR count). The van der Waals surface area contributed by atoms with Crippen molar-refractivity contribution in [1.29, 1.82) is 0 Å². The first kappa shape index (κ1) is 19.2. The molecule has 1 unspecified atom stereocenters. The Morgan fingerprint density at radius 3 is 2.81 bits per heavy atom. The van der Waals surface area contributed by atoms with E-state index in [0.717, 1.165) is 5.56 Å². The monoisotopic (exact) mass is 368 g/mol. The molecule has 2 heterocycles. The van der Waals surface area contributed by atoms with Gasteiger partial charge in [0.05, 0.1) is 30.4 Å². The highest BCUT2D eigenvalue weighted by atomic mass is 19.1. The van der Waals surface area contributed by atoms with Crippen molar-refractivity contribution in [3.63, 3.8) is 0 Å². The van der Waals surface area contributed by atoms with E-state index < -0.39 is 6.10 Å². The quantitative estimate of drug-likeness (QED) is 0.569. The van der Waals surface area contributed by atoms with Gasteiger partial charge in [0.15, 0.2) is 0 Å². The number of halogens is 1. The van der Waals surface area contributed by atoms with Gasteiger partial charge in [0, 0.05) is 18.2 Å². The molecule has 2 N–H and O–H groups in total. The van der Waals surface area contributed by atoms with E-state index >= 15 is 0 Å². The highest BCUT2D eigenvalue weighted by Gasteiger charge is 2.12. The van der Waals surface area contributed by atoms with Crippen LogP contribution in [0.15, 0.2) is 48.7 Å². The molecule has 27 heavy (non-hydrogen) atoms. The number of benzene rings is 1. The topological polar surface area (TPSA) is 67.3 Å². The zero-order chi connectivity index (χ0) is 19.1. The highest BCUT2D eigenvalue weighted by Crippen LogP contribution is 2.21. The molecule has 1 aromatic carbocycles. The van der Waals surface area contributed by atoms with Gasteiger partial charge in [0.2, 0.25) is 5.88 Å². The second-order valence-electron chi connectivity index (χ2n) is 6.25. The van der Waals surface area contributed by atoms with E-state index in [1.54, 1.807) is 12.1 Å². The second kappa shape index (κ2) is 9.39. The van der Waals surface area contributed by atoms with Crippen LogP contribution in [0.5, 0.6) is 5.88 Å². The third-order valence-electron chi connectivity index (χ3n) is 4.32.